The molecule has 4 atom stereocenters. The largest absolute Gasteiger partial charge is 0.508 e. The lowest BCUT2D eigenvalue weighted by Gasteiger charge is -2.54. The highest BCUT2D eigenvalue weighted by Gasteiger charge is 2.49. The third-order valence-corrected chi connectivity index (χ3v) is 9.65. The maximum absolute atomic E-state index is 15.9. The number of piperazine rings is 1. The average Bonchev–Trinajstić information content (AvgIpc) is 3.47. The van der Waals surface area contributed by atoms with Crippen molar-refractivity contribution < 1.29 is 18.6 Å². The minimum Gasteiger partial charge on any atom is -0.508 e. The Morgan fingerprint density at radius 1 is 1.15 bits per heavy atom. The van der Waals surface area contributed by atoms with Gasteiger partial charge in [0, 0.05) is 54.1 Å². The fraction of sp³-hybridized carbons (Fsp3) is 0.433. The topological polar surface area (TPSA) is 86.6 Å². The molecule has 41 heavy (non-hydrogen) atoms. The van der Waals surface area contributed by atoms with Gasteiger partial charge in [0.2, 0.25) is 0 Å². The van der Waals surface area contributed by atoms with E-state index in [9.17, 15) is 9.50 Å². The molecule has 212 valence electrons. The quantitative estimate of drug-likeness (QED) is 0.348. The second-order valence-electron chi connectivity index (χ2n) is 11.8. The van der Waals surface area contributed by atoms with E-state index in [-0.39, 0.29) is 41.7 Å². The van der Waals surface area contributed by atoms with Gasteiger partial charge in [0.1, 0.15) is 35.9 Å². The summed E-state index contributed by atoms with van der Waals surface area (Å²) in [6.45, 7) is 3.21. The third-order valence-electron chi connectivity index (χ3n) is 9.33. The van der Waals surface area contributed by atoms with Gasteiger partial charge in [0.15, 0.2) is 5.65 Å². The van der Waals surface area contributed by atoms with E-state index >= 15 is 4.39 Å². The van der Waals surface area contributed by atoms with Crippen molar-refractivity contribution in [3.05, 3.63) is 47.2 Å². The lowest BCUT2D eigenvalue weighted by molar-refractivity contribution is 0.107. The Balaban J connectivity index is 1.26. The first kappa shape index (κ1) is 25.4. The van der Waals surface area contributed by atoms with Crippen LogP contribution < -0.4 is 15.0 Å². The molecule has 6 heterocycles. The second kappa shape index (κ2) is 9.34. The molecule has 2 unspecified atom stereocenters. The molecule has 4 aliphatic rings. The predicted octanol–water partition coefficient (Wildman–Crippen LogP) is 4.85. The zero-order valence-electron chi connectivity index (χ0n) is 22.3. The lowest BCUT2D eigenvalue weighted by atomic mass is 9.88. The van der Waals surface area contributed by atoms with Crippen LogP contribution in [0.1, 0.15) is 25.7 Å². The van der Waals surface area contributed by atoms with E-state index in [4.69, 9.17) is 26.3 Å². The fourth-order valence-electron chi connectivity index (χ4n) is 7.47. The zero-order chi connectivity index (χ0) is 27.9. The van der Waals surface area contributed by atoms with Gasteiger partial charge in [-0.2, -0.15) is 9.97 Å². The molecule has 0 spiro atoms. The molecule has 4 fully saturated rings. The first-order chi connectivity index (χ1) is 19.9. The van der Waals surface area contributed by atoms with Crippen LogP contribution in [0, 0.1) is 5.82 Å². The maximum Gasteiger partial charge on any atom is 0.320 e. The van der Waals surface area contributed by atoms with E-state index in [1.165, 1.54) is 12.1 Å². The maximum atomic E-state index is 15.9. The number of benzene rings is 2. The zero-order valence-corrected chi connectivity index (χ0v) is 23.0. The highest BCUT2D eigenvalue weighted by molar-refractivity contribution is 6.36. The van der Waals surface area contributed by atoms with Crippen LogP contribution >= 0.6 is 11.6 Å². The van der Waals surface area contributed by atoms with Crippen LogP contribution in [0.2, 0.25) is 5.02 Å². The second-order valence-corrected chi connectivity index (χ2v) is 12.2. The molecular formula is C30H29ClF2N6O2. The van der Waals surface area contributed by atoms with Crippen molar-refractivity contribution >= 4 is 39.2 Å². The smallest absolute Gasteiger partial charge is 0.320 e. The van der Waals surface area contributed by atoms with Crippen molar-refractivity contribution in [2.45, 2.75) is 49.5 Å². The van der Waals surface area contributed by atoms with Gasteiger partial charge in [-0.1, -0.05) is 23.7 Å². The highest BCUT2D eigenvalue weighted by Crippen LogP contribution is 2.43. The van der Waals surface area contributed by atoms with Crippen molar-refractivity contribution in [3.8, 4) is 23.0 Å². The number of hydrogen-bond donors (Lipinski definition) is 2. The Hall–Kier alpha value is -3.34. The van der Waals surface area contributed by atoms with E-state index in [1.54, 1.807) is 18.2 Å². The lowest BCUT2D eigenvalue weighted by Crippen LogP contribution is -2.68. The summed E-state index contributed by atoms with van der Waals surface area (Å²) < 4.78 is 36.6. The standard InChI is InChI=1S/C30H29ClF2N6O2/c31-23-4-1-3-16-7-20(40)9-21(25(16)23)26-24(33)10-22-27(35-26)36-29(37-28(22)39-18-8-19(39)13-34-12-18)41-15-30-5-2-6-38(30)14-17(32)11-30/h1,3-4,7,9-10,17-19,34,40H,2,5-6,8,11-15H2/t17-,18?,19?,30+/m1/s1. The van der Waals surface area contributed by atoms with Gasteiger partial charge < -0.3 is 20.1 Å². The molecule has 8 rings (SSSR count). The number of anilines is 1. The fourth-order valence-corrected chi connectivity index (χ4v) is 7.76. The first-order valence-corrected chi connectivity index (χ1v) is 14.6. The monoisotopic (exact) mass is 578 g/mol. The van der Waals surface area contributed by atoms with Crippen LogP contribution in [0.5, 0.6) is 11.8 Å². The number of phenols is 1. The molecular weight excluding hydrogens is 550 g/mol. The predicted molar refractivity (Wildman–Crippen MR) is 153 cm³/mol. The molecule has 2 aromatic heterocycles. The minimum absolute atomic E-state index is 0.0209. The first-order valence-electron chi connectivity index (χ1n) is 14.2. The number of nitrogens with one attached hydrogen (secondary N) is 1. The highest BCUT2D eigenvalue weighted by atomic mass is 35.5. The van der Waals surface area contributed by atoms with E-state index in [0.29, 0.717) is 51.2 Å². The summed E-state index contributed by atoms with van der Waals surface area (Å²) in [6.07, 6.45) is 2.49. The van der Waals surface area contributed by atoms with Crippen molar-refractivity contribution in [1.29, 1.82) is 0 Å². The van der Waals surface area contributed by atoms with E-state index in [0.717, 1.165) is 38.9 Å². The number of aromatic hydroxyl groups is 1. The number of aromatic nitrogens is 3. The molecule has 2 bridgehead atoms. The van der Waals surface area contributed by atoms with E-state index in [2.05, 4.69) is 20.1 Å². The van der Waals surface area contributed by atoms with E-state index in [1.807, 2.05) is 6.07 Å². The summed E-state index contributed by atoms with van der Waals surface area (Å²) in [5, 5.41) is 16.1. The molecule has 0 saturated carbocycles. The Morgan fingerprint density at radius 3 is 2.83 bits per heavy atom. The van der Waals surface area contributed by atoms with Crippen LogP contribution in [0.3, 0.4) is 0 Å². The molecule has 0 radical (unpaired) electrons. The minimum atomic E-state index is -0.865. The summed E-state index contributed by atoms with van der Waals surface area (Å²) in [4.78, 5) is 18.6. The summed E-state index contributed by atoms with van der Waals surface area (Å²) in [6, 6.07) is 10.4. The normalized spacial score (nSPS) is 27.4. The van der Waals surface area contributed by atoms with Crippen LogP contribution in [0.15, 0.2) is 36.4 Å². The van der Waals surface area contributed by atoms with Crippen LogP contribution in [0.25, 0.3) is 33.1 Å². The van der Waals surface area contributed by atoms with Gasteiger partial charge in [-0.15, -0.1) is 0 Å². The average molecular weight is 579 g/mol. The third kappa shape index (κ3) is 4.02. The van der Waals surface area contributed by atoms with Crippen molar-refractivity contribution in [2.75, 3.05) is 37.7 Å². The van der Waals surface area contributed by atoms with Crippen LogP contribution in [0.4, 0.5) is 14.6 Å². The number of halogens is 3. The molecule has 4 saturated heterocycles. The number of fused-ring (bicyclic) bond motifs is 5. The molecule has 4 aliphatic heterocycles. The van der Waals surface area contributed by atoms with Gasteiger partial charge in [0.25, 0.3) is 0 Å². The number of phenolic OH excluding ortho intramolecular Hbond substituents is 1. The van der Waals surface area contributed by atoms with Crippen molar-refractivity contribution in [1.82, 2.24) is 25.2 Å². The van der Waals surface area contributed by atoms with Gasteiger partial charge in [-0.25, -0.2) is 13.8 Å². The number of pyridine rings is 1. The Morgan fingerprint density at radius 2 is 2.00 bits per heavy atom. The number of alkyl halides is 1. The number of nitrogens with zero attached hydrogens (tertiary/aromatic N) is 5. The van der Waals surface area contributed by atoms with Gasteiger partial charge in [0.05, 0.1) is 10.9 Å². The van der Waals surface area contributed by atoms with Crippen LogP contribution in [-0.2, 0) is 0 Å². The Bertz CT molecular complexity index is 1690. The van der Waals surface area contributed by atoms with Crippen LogP contribution in [-0.4, -0.2) is 81.5 Å². The molecule has 2 N–H and O–H groups in total. The number of ether oxygens (including phenoxy) is 1. The summed E-state index contributed by atoms with van der Waals surface area (Å²) in [5.74, 6) is 0.0135. The SMILES string of the molecule is Oc1cc(-c2nc3nc(OC[C@@]45CCCN4C[C@H](F)C5)nc(N4C5CNCC4C5)c3cc2F)c2c(Cl)cccc2c1. The Labute approximate surface area is 240 Å². The summed E-state index contributed by atoms with van der Waals surface area (Å²) in [7, 11) is 0. The van der Waals surface area contributed by atoms with Gasteiger partial charge in [-0.05, 0) is 55.5 Å². The van der Waals surface area contributed by atoms with Crippen molar-refractivity contribution in [3.63, 3.8) is 0 Å². The number of hydrogen-bond acceptors (Lipinski definition) is 8. The molecule has 8 nitrogen and oxygen atoms in total. The molecule has 0 amide bonds. The molecule has 4 aromatic rings. The number of rotatable bonds is 5. The summed E-state index contributed by atoms with van der Waals surface area (Å²) in [5.41, 5.74) is 0.342. The van der Waals surface area contributed by atoms with Gasteiger partial charge >= 0.3 is 6.01 Å². The van der Waals surface area contributed by atoms with Crippen molar-refractivity contribution in [2.24, 2.45) is 0 Å². The molecule has 11 heteroatoms. The molecule has 0 aliphatic carbocycles. The Kier molecular flexibility index (Phi) is 5.78. The van der Waals surface area contributed by atoms with Gasteiger partial charge in [-0.3, -0.25) is 4.90 Å². The number of piperidine rings is 1. The van der Waals surface area contributed by atoms with E-state index < -0.39 is 12.0 Å². The summed E-state index contributed by atoms with van der Waals surface area (Å²) >= 11 is 6.54. The molecule has 2 aromatic carbocycles.